The predicted molar refractivity (Wildman–Crippen MR) is 143 cm³/mol. The molecule has 0 aliphatic heterocycles. The van der Waals surface area contributed by atoms with Gasteiger partial charge < -0.3 is 15.0 Å². The standard InChI is InChI=1S/C29H32FN5O3/c1-20(2)16-17-31-29(37)28(22-10-12-23(30)13-11-22)34(18-21-8-14-24(38-3)15-9-21)27(36)19-35-26-7-5-4-6-25(26)32-33-35/h4-15,20,28H,16-19H2,1-3H3,(H,31,37). The van der Waals surface area contributed by atoms with Crippen LogP contribution >= 0.6 is 0 Å². The molecule has 1 heterocycles. The van der Waals surface area contributed by atoms with E-state index in [2.05, 4.69) is 29.5 Å². The molecule has 0 bridgehead atoms. The van der Waals surface area contributed by atoms with Gasteiger partial charge in [0.15, 0.2) is 0 Å². The molecule has 1 aromatic heterocycles. The molecule has 0 saturated heterocycles. The number of halogens is 1. The first-order valence-corrected chi connectivity index (χ1v) is 12.6. The van der Waals surface area contributed by atoms with Gasteiger partial charge in [0.1, 0.15) is 29.7 Å². The third kappa shape index (κ3) is 6.53. The van der Waals surface area contributed by atoms with E-state index in [1.807, 2.05) is 36.4 Å². The number of nitrogens with zero attached hydrogens (tertiary/aromatic N) is 4. The Balaban J connectivity index is 1.71. The van der Waals surface area contributed by atoms with E-state index >= 15 is 0 Å². The third-order valence-electron chi connectivity index (χ3n) is 6.30. The second kappa shape index (κ2) is 12.3. The number of rotatable bonds is 11. The molecule has 0 radical (unpaired) electrons. The number of fused-ring (bicyclic) bond motifs is 1. The van der Waals surface area contributed by atoms with Gasteiger partial charge in [-0.2, -0.15) is 0 Å². The molecule has 4 aromatic rings. The molecule has 0 aliphatic rings. The fourth-order valence-electron chi connectivity index (χ4n) is 4.20. The van der Waals surface area contributed by atoms with Gasteiger partial charge in [0.25, 0.3) is 0 Å². The number of carbonyl (C=O) groups excluding carboxylic acids is 2. The van der Waals surface area contributed by atoms with E-state index in [1.54, 1.807) is 31.4 Å². The molecule has 0 spiro atoms. The lowest BCUT2D eigenvalue weighted by Gasteiger charge is -2.32. The first-order valence-electron chi connectivity index (χ1n) is 12.6. The maximum Gasteiger partial charge on any atom is 0.247 e. The topological polar surface area (TPSA) is 89.3 Å². The van der Waals surface area contributed by atoms with Crippen molar-refractivity contribution in [3.8, 4) is 5.75 Å². The van der Waals surface area contributed by atoms with Crippen molar-refractivity contribution in [1.29, 1.82) is 0 Å². The fourth-order valence-corrected chi connectivity index (χ4v) is 4.20. The van der Waals surface area contributed by atoms with E-state index in [0.717, 1.165) is 12.0 Å². The Kier molecular flexibility index (Phi) is 8.68. The molecule has 1 atom stereocenters. The number of hydrogen-bond acceptors (Lipinski definition) is 5. The average molecular weight is 518 g/mol. The summed E-state index contributed by atoms with van der Waals surface area (Å²) >= 11 is 0. The number of benzene rings is 3. The largest absolute Gasteiger partial charge is 0.497 e. The van der Waals surface area contributed by atoms with Crippen LogP contribution in [0.15, 0.2) is 72.8 Å². The zero-order valence-electron chi connectivity index (χ0n) is 21.8. The summed E-state index contributed by atoms with van der Waals surface area (Å²) in [5, 5.41) is 11.3. The van der Waals surface area contributed by atoms with Gasteiger partial charge in [0.05, 0.1) is 12.6 Å². The molecule has 38 heavy (non-hydrogen) atoms. The number of amides is 2. The second-order valence-electron chi connectivity index (χ2n) is 9.53. The fraction of sp³-hybridized carbons (Fsp3) is 0.310. The van der Waals surface area contributed by atoms with Crippen molar-refractivity contribution in [3.05, 3.63) is 89.7 Å². The van der Waals surface area contributed by atoms with Crippen LogP contribution in [0.3, 0.4) is 0 Å². The van der Waals surface area contributed by atoms with Crippen molar-refractivity contribution in [2.75, 3.05) is 13.7 Å². The van der Waals surface area contributed by atoms with Crippen LogP contribution in [0, 0.1) is 11.7 Å². The Morgan fingerprint density at radius 3 is 2.42 bits per heavy atom. The Morgan fingerprint density at radius 2 is 1.74 bits per heavy atom. The molecular weight excluding hydrogens is 485 g/mol. The summed E-state index contributed by atoms with van der Waals surface area (Å²) in [5.74, 6) is 0.00151. The minimum Gasteiger partial charge on any atom is -0.497 e. The Bertz CT molecular complexity index is 1370. The number of aromatic nitrogens is 3. The normalized spacial score (nSPS) is 11.9. The average Bonchev–Trinajstić information content (AvgIpc) is 3.32. The van der Waals surface area contributed by atoms with Crippen LogP contribution in [0.4, 0.5) is 4.39 Å². The van der Waals surface area contributed by atoms with Gasteiger partial charge in [0.2, 0.25) is 11.8 Å². The monoisotopic (exact) mass is 517 g/mol. The molecule has 9 heteroatoms. The molecule has 198 valence electrons. The molecule has 8 nitrogen and oxygen atoms in total. The summed E-state index contributed by atoms with van der Waals surface area (Å²) in [5.41, 5.74) is 2.71. The number of hydrogen-bond donors (Lipinski definition) is 1. The highest BCUT2D eigenvalue weighted by Gasteiger charge is 2.32. The molecular formula is C29H32FN5O3. The molecule has 0 saturated carbocycles. The SMILES string of the molecule is COc1ccc(CN(C(=O)Cn2nnc3ccccc32)C(C(=O)NCCC(C)C)c2ccc(F)cc2)cc1. The smallest absolute Gasteiger partial charge is 0.247 e. The maximum atomic E-state index is 13.9. The number of methoxy groups -OCH3 is 1. The highest BCUT2D eigenvalue weighted by Crippen LogP contribution is 2.26. The summed E-state index contributed by atoms with van der Waals surface area (Å²) < 4.78 is 20.6. The van der Waals surface area contributed by atoms with Crippen LogP contribution in [0.2, 0.25) is 0 Å². The van der Waals surface area contributed by atoms with Crippen molar-refractivity contribution in [2.45, 2.75) is 39.4 Å². The minimum absolute atomic E-state index is 0.117. The van der Waals surface area contributed by atoms with Crippen LogP contribution in [0.5, 0.6) is 5.75 Å². The van der Waals surface area contributed by atoms with E-state index < -0.39 is 11.9 Å². The van der Waals surface area contributed by atoms with Crippen LogP contribution in [-0.4, -0.2) is 45.4 Å². The van der Waals surface area contributed by atoms with Crippen LogP contribution in [0.25, 0.3) is 11.0 Å². The molecule has 4 rings (SSSR count). The first kappa shape index (κ1) is 26.8. The van der Waals surface area contributed by atoms with Crippen LogP contribution in [0.1, 0.15) is 37.4 Å². The Morgan fingerprint density at radius 1 is 1.03 bits per heavy atom. The van der Waals surface area contributed by atoms with E-state index in [9.17, 15) is 14.0 Å². The molecule has 2 amide bonds. The van der Waals surface area contributed by atoms with Gasteiger partial charge in [0, 0.05) is 13.1 Å². The van der Waals surface area contributed by atoms with Gasteiger partial charge in [-0.05, 0) is 59.9 Å². The summed E-state index contributed by atoms with van der Waals surface area (Å²) in [6.45, 7) is 4.65. The van der Waals surface area contributed by atoms with Crippen LogP contribution < -0.4 is 10.1 Å². The second-order valence-corrected chi connectivity index (χ2v) is 9.53. The lowest BCUT2D eigenvalue weighted by Crippen LogP contribution is -2.45. The quantitative estimate of drug-likeness (QED) is 0.316. The number of carbonyl (C=O) groups is 2. The molecule has 3 aromatic carbocycles. The lowest BCUT2D eigenvalue weighted by atomic mass is 10.0. The number of para-hydroxylation sites is 1. The summed E-state index contributed by atoms with van der Waals surface area (Å²) in [7, 11) is 1.58. The summed E-state index contributed by atoms with van der Waals surface area (Å²) in [4.78, 5) is 29.0. The molecule has 1 N–H and O–H groups in total. The summed E-state index contributed by atoms with van der Waals surface area (Å²) in [6.07, 6.45) is 0.791. The molecule has 1 unspecified atom stereocenters. The zero-order chi connectivity index (χ0) is 27.1. The Labute approximate surface area is 221 Å². The number of ether oxygens (including phenoxy) is 1. The van der Waals surface area contributed by atoms with Crippen molar-refractivity contribution in [1.82, 2.24) is 25.2 Å². The van der Waals surface area contributed by atoms with E-state index in [0.29, 0.717) is 34.8 Å². The van der Waals surface area contributed by atoms with Crippen molar-refractivity contribution in [2.24, 2.45) is 5.92 Å². The van der Waals surface area contributed by atoms with Crippen molar-refractivity contribution < 1.29 is 18.7 Å². The van der Waals surface area contributed by atoms with Gasteiger partial charge in [-0.25, -0.2) is 9.07 Å². The number of nitrogens with one attached hydrogen (secondary N) is 1. The lowest BCUT2D eigenvalue weighted by molar-refractivity contribution is -0.142. The third-order valence-corrected chi connectivity index (χ3v) is 6.30. The van der Waals surface area contributed by atoms with E-state index in [4.69, 9.17) is 4.74 Å². The van der Waals surface area contributed by atoms with Gasteiger partial charge in [-0.15, -0.1) is 5.10 Å². The Hall–Kier alpha value is -4.27. The van der Waals surface area contributed by atoms with Gasteiger partial charge >= 0.3 is 0 Å². The zero-order valence-corrected chi connectivity index (χ0v) is 21.8. The van der Waals surface area contributed by atoms with Crippen LogP contribution in [-0.2, 0) is 22.7 Å². The molecule has 0 fully saturated rings. The predicted octanol–water partition coefficient (Wildman–Crippen LogP) is 4.51. The van der Waals surface area contributed by atoms with E-state index in [-0.39, 0.29) is 24.9 Å². The first-order chi connectivity index (χ1) is 18.4. The highest BCUT2D eigenvalue weighted by molar-refractivity contribution is 5.89. The van der Waals surface area contributed by atoms with Crippen molar-refractivity contribution >= 4 is 22.8 Å². The summed E-state index contributed by atoms with van der Waals surface area (Å²) in [6, 6.07) is 19.4. The minimum atomic E-state index is -0.979. The van der Waals surface area contributed by atoms with Crippen molar-refractivity contribution in [3.63, 3.8) is 0 Å². The van der Waals surface area contributed by atoms with Gasteiger partial charge in [-0.3, -0.25) is 9.59 Å². The highest BCUT2D eigenvalue weighted by atomic mass is 19.1. The maximum absolute atomic E-state index is 13.9. The van der Waals surface area contributed by atoms with Gasteiger partial charge in [-0.1, -0.05) is 55.5 Å². The molecule has 0 aliphatic carbocycles. The van der Waals surface area contributed by atoms with E-state index in [1.165, 1.54) is 21.7 Å².